The van der Waals surface area contributed by atoms with E-state index >= 15 is 0 Å². The average Bonchev–Trinajstić information content (AvgIpc) is 2.32. The second-order valence-electron chi connectivity index (χ2n) is 5.36. The van der Waals surface area contributed by atoms with Gasteiger partial charge in [-0.05, 0) is 5.41 Å². The molecule has 0 atom stereocenters. The highest BCUT2D eigenvalue weighted by Gasteiger charge is 2.38. The van der Waals surface area contributed by atoms with Crippen molar-refractivity contribution in [1.29, 1.82) is 0 Å². The molecule has 1 aliphatic rings. The fourth-order valence-electron chi connectivity index (χ4n) is 2.23. The van der Waals surface area contributed by atoms with E-state index in [0.29, 0.717) is 16.7 Å². The van der Waals surface area contributed by atoms with E-state index in [2.05, 4.69) is 0 Å². The number of allylic oxidation sites excluding steroid dienone is 2. The summed E-state index contributed by atoms with van der Waals surface area (Å²) in [4.78, 5) is 24.8. The van der Waals surface area contributed by atoms with Crippen molar-refractivity contribution in [3.8, 4) is 0 Å². The zero-order chi connectivity index (χ0) is 13.5. The minimum atomic E-state index is -0.425. The number of fused-ring (bicyclic) bond motifs is 1. The van der Waals surface area contributed by atoms with Gasteiger partial charge in [0.2, 0.25) is 5.78 Å². The van der Waals surface area contributed by atoms with Gasteiger partial charge in [0, 0.05) is 11.1 Å². The fourth-order valence-corrected chi connectivity index (χ4v) is 2.23. The largest absolute Gasteiger partial charge is 0.492 e. The first-order valence-electron chi connectivity index (χ1n) is 5.85. The predicted molar refractivity (Wildman–Crippen MR) is 68.6 cm³/mol. The highest BCUT2D eigenvalue weighted by Crippen LogP contribution is 2.36. The summed E-state index contributed by atoms with van der Waals surface area (Å²) in [5.74, 6) is -0.154. The van der Waals surface area contributed by atoms with E-state index in [1.165, 1.54) is 7.11 Å². The van der Waals surface area contributed by atoms with Crippen molar-refractivity contribution in [3.05, 3.63) is 46.7 Å². The third-order valence-electron chi connectivity index (χ3n) is 3.03. The number of Topliss-reactive ketones (excluding diaryl/α,β-unsaturated/α-hetero) is 2. The molecule has 1 aliphatic carbocycles. The lowest BCUT2D eigenvalue weighted by atomic mass is 9.76. The van der Waals surface area contributed by atoms with E-state index < -0.39 is 5.41 Å². The number of hydrogen-bond acceptors (Lipinski definition) is 3. The van der Waals surface area contributed by atoms with Gasteiger partial charge in [-0.25, -0.2) is 0 Å². The number of rotatable bonds is 1. The molecule has 1 aromatic rings. The SMILES string of the molecule is COC1=C(C(C)(C)C)C(=O)c2ccccc2C1=O. The summed E-state index contributed by atoms with van der Waals surface area (Å²) >= 11 is 0. The number of methoxy groups -OCH3 is 1. The maximum atomic E-state index is 12.5. The minimum Gasteiger partial charge on any atom is -0.492 e. The topological polar surface area (TPSA) is 43.4 Å². The van der Waals surface area contributed by atoms with Gasteiger partial charge in [-0.2, -0.15) is 0 Å². The quantitative estimate of drug-likeness (QED) is 0.762. The highest BCUT2D eigenvalue weighted by molar-refractivity contribution is 6.26. The van der Waals surface area contributed by atoms with Crippen molar-refractivity contribution in [3.63, 3.8) is 0 Å². The third-order valence-corrected chi connectivity index (χ3v) is 3.03. The van der Waals surface area contributed by atoms with E-state index in [1.54, 1.807) is 24.3 Å². The Bertz CT molecular complexity index is 559. The zero-order valence-corrected chi connectivity index (χ0v) is 11.0. The van der Waals surface area contributed by atoms with Gasteiger partial charge in [-0.15, -0.1) is 0 Å². The Balaban J connectivity index is 2.73. The van der Waals surface area contributed by atoms with E-state index in [9.17, 15) is 9.59 Å². The maximum absolute atomic E-state index is 12.5. The molecule has 0 spiro atoms. The Hall–Kier alpha value is -1.90. The molecular formula is C15H16O3. The van der Waals surface area contributed by atoms with Crippen LogP contribution in [0.2, 0.25) is 0 Å². The van der Waals surface area contributed by atoms with Crippen molar-refractivity contribution in [1.82, 2.24) is 0 Å². The van der Waals surface area contributed by atoms with Crippen molar-refractivity contribution in [2.24, 2.45) is 5.41 Å². The van der Waals surface area contributed by atoms with Crippen LogP contribution in [0, 0.1) is 5.41 Å². The van der Waals surface area contributed by atoms with E-state index in [1.807, 2.05) is 20.8 Å². The van der Waals surface area contributed by atoms with Crippen LogP contribution in [-0.4, -0.2) is 18.7 Å². The molecule has 0 fully saturated rings. The predicted octanol–water partition coefficient (Wildman–Crippen LogP) is 3.01. The Morgan fingerprint density at radius 1 is 0.944 bits per heavy atom. The molecule has 0 saturated heterocycles. The molecule has 0 bridgehead atoms. The smallest absolute Gasteiger partial charge is 0.228 e. The summed E-state index contributed by atoms with van der Waals surface area (Å²) in [6, 6.07) is 6.86. The zero-order valence-electron chi connectivity index (χ0n) is 11.0. The second-order valence-corrected chi connectivity index (χ2v) is 5.36. The monoisotopic (exact) mass is 244 g/mol. The number of carbonyl (C=O) groups is 2. The van der Waals surface area contributed by atoms with Crippen LogP contribution in [0.1, 0.15) is 41.5 Å². The highest BCUT2D eigenvalue weighted by atomic mass is 16.5. The maximum Gasteiger partial charge on any atom is 0.228 e. The minimum absolute atomic E-state index is 0.116. The number of ketones is 2. The molecule has 18 heavy (non-hydrogen) atoms. The Morgan fingerprint density at radius 2 is 1.44 bits per heavy atom. The molecular weight excluding hydrogens is 228 g/mol. The van der Waals surface area contributed by atoms with Crippen LogP contribution in [0.4, 0.5) is 0 Å². The first kappa shape index (κ1) is 12.6. The van der Waals surface area contributed by atoms with Crippen molar-refractivity contribution in [2.45, 2.75) is 20.8 Å². The van der Waals surface area contributed by atoms with Crippen LogP contribution in [0.25, 0.3) is 0 Å². The molecule has 1 aromatic carbocycles. The lowest BCUT2D eigenvalue weighted by Gasteiger charge is -2.28. The van der Waals surface area contributed by atoms with Gasteiger partial charge in [0.25, 0.3) is 0 Å². The second kappa shape index (κ2) is 4.09. The molecule has 0 unspecified atom stereocenters. The molecule has 0 amide bonds. The summed E-state index contributed by atoms with van der Waals surface area (Å²) in [7, 11) is 1.43. The number of carbonyl (C=O) groups excluding carboxylic acids is 2. The van der Waals surface area contributed by atoms with Crippen LogP contribution in [0.15, 0.2) is 35.6 Å². The molecule has 0 aromatic heterocycles. The summed E-state index contributed by atoms with van der Waals surface area (Å²) in [6.45, 7) is 5.71. The van der Waals surface area contributed by atoms with Crippen LogP contribution >= 0.6 is 0 Å². The van der Waals surface area contributed by atoms with Gasteiger partial charge in [0.1, 0.15) is 0 Å². The normalized spacial score (nSPS) is 15.8. The number of ether oxygens (including phenoxy) is 1. The third kappa shape index (κ3) is 1.76. The van der Waals surface area contributed by atoms with Crippen molar-refractivity contribution < 1.29 is 14.3 Å². The first-order chi connectivity index (χ1) is 8.38. The van der Waals surface area contributed by atoms with Gasteiger partial charge in [0.05, 0.1) is 12.7 Å². The molecule has 3 nitrogen and oxygen atoms in total. The van der Waals surface area contributed by atoms with Crippen LogP contribution in [-0.2, 0) is 4.74 Å². The lowest BCUT2D eigenvalue weighted by Crippen LogP contribution is -2.29. The Morgan fingerprint density at radius 3 is 1.89 bits per heavy atom. The molecule has 0 radical (unpaired) electrons. The average molecular weight is 244 g/mol. The van der Waals surface area contributed by atoms with Gasteiger partial charge in [0.15, 0.2) is 11.5 Å². The Kier molecular flexibility index (Phi) is 2.85. The molecule has 0 aliphatic heterocycles. The van der Waals surface area contributed by atoms with E-state index in [-0.39, 0.29) is 17.3 Å². The summed E-state index contributed by atoms with van der Waals surface area (Å²) in [6.07, 6.45) is 0. The first-order valence-corrected chi connectivity index (χ1v) is 5.85. The van der Waals surface area contributed by atoms with Gasteiger partial charge >= 0.3 is 0 Å². The van der Waals surface area contributed by atoms with Crippen molar-refractivity contribution >= 4 is 11.6 Å². The van der Waals surface area contributed by atoms with E-state index in [4.69, 9.17) is 4.74 Å². The molecule has 0 heterocycles. The number of hydrogen-bond donors (Lipinski definition) is 0. The summed E-state index contributed by atoms with van der Waals surface area (Å²) in [5, 5.41) is 0. The molecule has 94 valence electrons. The van der Waals surface area contributed by atoms with E-state index in [0.717, 1.165) is 0 Å². The Labute approximate surface area is 106 Å². The van der Waals surface area contributed by atoms with Crippen LogP contribution < -0.4 is 0 Å². The molecule has 2 rings (SSSR count). The van der Waals surface area contributed by atoms with Crippen molar-refractivity contribution in [2.75, 3.05) is 7.11 Å². The molecule has 3 heteroatoms. The van der Waals surface area contributed by atoms with Gasteiger partial charge < -0.3 is 4.74 Å². The van der Waals surface area contributed by atoms with Gasteiger partial charge in [-0.3, -0.25) is 9.59 Å². The molecule has 0 N–H and O–H groups in total. The molecule has 0 saturated carbocycles. The summed E-state index contributed by atoms with van der Waals surface area (Å²) < 4.78 is 5.18. The van der Waals surface area contributed by atoms with Crippen LogP contribution in [0.5, 0.6) is 0 Å². The summed E-state index contributed by atoms with van der Waals surface area (Å²) in [5.41, 5.74) is 0.917. The van der Waals surface area contributed by atoms with Gasteiger partial charge in [-0.1, -0.05) is 45.0 Å². The fraction of sp³-hybridized carbons (Fsp3) is 0.333. The number of benzene rings is 1. The van der Waals surface area contributed by atoms with Crippen LogP contribution in [0.3, 0.4) is 0 Å². The standard InChI is InChI=1S/C15H16O3/c1-15(2,3)11-12(16)9-7-5-6-8-10(9)13(17)14(11)18-4/h5-8H,1-4H3. The lowest BCUT2D eigenvalue weighted by molar-refractivity contribution is 0.0886.